The summed E-state index contributed by atoms with van der Waals surface area (Å²) in [5.41, 5.74) is 4.37. The van der Waals surface area contributed by atoms with Gasteiger partial charge in [-0.05, 0) is 38.5 Å². The van der Waals surface area contributed by atoms with Crippen molar-refractivity contribution in [3.63, 3.8) is 0 Å². The van der Waals surface area contributed by atoms with Crippen molar-refractivity contribution in [3.05, 3.63) is 0 Å². The first-order valence-corrected chi connectivity index (χ1v) is 6.05. The van der Waals surface area contributed by atoms with Crippen molar-refractivity contribution >= 4 is 5.91 Å². The third-order valence-electron chi connectivity index (χ3n) is 3.18. The first-order chi connectivity index (χ1) is 7.25. The number of amides is 1. The summed E-state index contributed by atoms with van der Waals surface area (Å²) < 4.78 is 0. The van der Waals surface area contributed by atoms with Crippen molar-refractivity contribution in [2.45, 2.75) is 57.6 Å². The van der Waals surface area contributed by atoms with Crippen LogP contribution in [0.3, 0.4) is 0 Å². The van der Waals surface area contributed by atoms with Crippen LogP contribution in [0.5, 0.6) is 0 Å². The van der Waals surface area contributed by atoms with E-state index in [0.29, 0.717) is 12.3 Å². The molecule has 1 atom stereocenters. The van der Waals surface area contributed by atoms with Crippen LogP contribution in [0.2, 0.25) is 0 Å². The van der Waals surface area contributed by atoms with Gasteiger partial charge in [-0.2, -0.15) is 0 Å². The van der Waals surface area contributed by atoms with Gasteiger partial charge >= 0.3 is 0 Å². The van der Waals surface area contributed by atoms with E-state index in [1.54, 1.807) is 6.92 Å². The molecule has 1 amide bonds. The molecular weight excluding hydrogens is 204 g/mol. The lowest BCUT2D eigenvalue weighted by atomic mass is 9.77. The van der Waals surface area contributed by atoms with Gasteiger partial charge in [0.05, 0.1) is 11.1 Å². The highest BCUT2D eigenvalue weighted by molar-refractivity contribution is 5.87. The van der Waals surface area contributed by atoms with Crippen LogP contribution in [0.25, 0.3) is 0 Å². The van der Waals surface area contributed by atoms with E-state index in [1.807, 2.05) is 13.8 Å². The van der Waals surface area contributed by atoms with Gasteiger partial charge in [0.25, 0.3) is 0 Å². The molecule has 1 unspecified atom stereocenters. The van der Waals surface area contributed by atoms with E-state index in [9.17, 15) is 9.90 Å². The number of hydrogen-bond donors (Lipinski definition) is 3. The second kappa shape index (κ2) is 4.72. The lowest BCUT2D eigenvalue weighted by molar-refractivity contribution is -0.130. The maximum Gasteiger partial charge on any atom is 0.240 e. The van der Waals surface area contributed by atoms with E-state index < -0.39 is 11.1 Å². The number of nitrogens with one attached hydrogen (secondary N) is 1. The van der Waals surface area contributed by atoms with Crippen LogP contribution in [0.1, 0.15) is 46.5 Å². The highest BCUT2D eigenvalue weighted by Crippen LogP contribution is 2.29. The summed E-state index contributed by atoms with van der Waals surface area (Å²) in [6.45, 7) is 6.12. The van der Waals surface area contributed by atoms with Crippen LogP contribution in [0.15, 0.2) is 0 Å². The molecule has 4 nitrogen and oxygen atoms in total. The largest absolute Gasteiger partial charge is 0.388 e. The monoisotopic (exact) mass is 228 g/mol. The van der Waals surface area contributed by atoms with E-state index in [-0.39, 0.29) is 12.5 Å². The van der Waals surface area contributed by atoms with Crippen molar-refractivity contribution in [3.8, 4) is 0 Å². The molecule has 94 valence electrons. The zero-order chi connectivity index (χ0) is 12.4. The van der Waals surface area contributed by atoms with Crippen molar-refractivity contribution in [1.82, 2.24) is 5.32 Å². The number of carbonyl (C=O) groups excluding carboxylic acids is 1. The molecule has 0 spiro atoms. The smallest absolute Gasteiger partial charge is 0.240 e. The number of hydrogen-bond acceptors (Lipinski definition) is 3. The van der Waals surface area contributed by atoms with Crippen LogP contribution in [-0.4, -0.2) is 28.7 Å². The van der Waals surface area contributed by atoms with Gasteiger partial charge in [-0.3, -0.25) is 4.79 Å². The Hall–Kier alpha value is -0.610. The van der Waals surface area contributed by atoms with E-state index in [1.165, 1.54) is 0 Å². The van der Waals surface area contributed by atoms with Crippen molar-refractivity contribution in [2.75, 3.05) is 6.54 Å². The molecule has 0 aromatic heterocycles. The van der Waals surface area contributed by atoms with Gasteiger partial charge in [-0.1, -0.05) is 13.8 Å². The molecule has 1 aliphatic rings. The van der Waals surface area contributed by atoms with Crippen molar-refractivity contribution in [2.24, 2.45) is 11.7 Å². The standard InChI is InChI=1S/C12H24N2O2/c1-9(2)7-11(3,16)8-14-10(15)12(13)5-4-6-12/h9,16H,4-8,13H2,1-3H3,(H,14,15). The molecule has 1 rings (SSSR count). The zero-order valence-corrected chi connectivity index (χ0v) is 10.5. The van der Waals surface area contributed by atoms with Gasteiger partial charge in [0, 0.05) is 6.54 Å². The van der Waals surface area contributed by atoms with E-state index >= 15 is 0 Å². The Kier molecular flexibility index (Phi) is 3.97. The molecule has 0 aromatic rings. The van der Waals surface area contributed by atoms with Crippen LogP contribution >= 0.6 is 0 Å². The maximum atomic E-state index is 11.7. The van der Waals surface area contributed by atoms with Crippen LogP contribution in [0.4, 0.5) is 0 Å². The lowest BCUT2D eigenvalue weighted by Gasteiger charge is -2.37. The average molecular weight is 228 g/mol. The number of nitrogens with two attached hydrogens (primary N) is 1. The Morgan fingerprint density at radius 1 is 1.56 bits per heavy atom. The number of carbonyl (C=O) groups is 1. The molecule has 1 fully saturated rings. The molecule has 0 bridgehead atoms. The average Bonchev–Trinajstić information content (AvgIpc) is 2.08. The van der Waals surface area contributed by atoms with Gasteiger partial charge in [0.1, 0.15) is 0 Å². The van der Waals surface area contributed by atoms with E-state index in [0.717, 1.165) is 19.3 Å². The summed E-state index contributed by atoms with van der Waals surface area (Å²) in [6.07, 6.45) is 3.20. The number of rotatable bonds is 5. The Labute approximate surface area is 97.6 Å². The van der Waals surface area contributed by atoms with Gasteiger partial charge in [-0.15, -0.1) is 0 Å². The third-order valence-corrected chi connectivity index (χ3v) is 3.18. The minimum atomic E-state index is -0.843. The fourth-order valence-corrected chi connectivity index (χ4v) is 2.18. The lowest BCUT2D eigenvalue weighted by Crippen LogP contribution is -2.60. The summed E-state index contributed by atoms with van der Waals surface area (Å²) in [7, 11) is 0. The van der Waals surface area contributed by atoms with Crippen LogP contribution < -0.4 is 11.1 Å². The zero-order valence-electron chi connectivity index (χ0n) is 10.5. The molecule has 0 heterocycles. The predicted octanol–water partition coefficient (Wildman–Crippen LogP) is 0.781. The van der Waals surface area contributed by atoms with Gasteiger partial charge in [0.15, 0.2) is 0 Å². The quantitative estimate of drug-likeness (QED) is 0.651. The summed E-state index contributed by atoms with van der Waals surface area (Å²) in [5, 5.41) is 12.8. The molecule has 4 heteroatoms. The van der Waals surface area contributed by atoms with Crippen LogP contribution in [-0.2, 0) is 4.79 Å². The van der Waals surface area contributed by atoms with Crippen LogP contribution in [0, 0.1) is 5.92 Å². The molecule has 0 radical (unpaired) electrons. The second-order valence-electron chi connectivity index (χ2n) is 5.79. The predicted molar refractivity (Wildman–Crippen MR) is 63.9 cm³/mol. The summed E-state index contributed by atoms with van der Waals surface area (Å²) in [4.78, 5) is 11.7. The topological polar surface area (TPSA) is 75.3 Å². The van der Waals surface area contributed by atoms with Gasteiger partial charge < -0.3 is 16.2 Å². The Bertz CT molecular complexity index is 258. The molecule has 0 aromatic carbocycles. The SMILES string of the molecule is CC(C)CC(C)(O)CNC(=O)C1(N)CCC1. The molecule has 4 N–H and O–H groups in total. The molecule has 1 aliphatic carbocycles. The molecule has 0 saturated heterocycles. The third kappa shape index (κ3) is 3.46. The van der Waals surface area contributed by atoms with E-state index in [4.69, 9.17) is 5.73 Å². The van der Waals surface area contributed by atoms with Crippen molar-refractivity contribution < 1.29 is 9.90 Å². The second-order valence-corrected chi connectivity index (χ2v) is 5.79. The first-order valence-electron chi connectivity index (χ1n) is 6.05. The molecule has 16 heavy (non-hydrogen) atoms. The molecular formula is C12H24N2O2. The Morgan fingerprint density at radius 3 is 2.50 bits per heavy atom. The normalized spacial score (nSPS) is 22.4. The first kappa shape index (κ1) is 13.5. The molecule has 0 aliphatic heterocycles. The van der Waals surface area contributed by atoms with Gasteiger partial charge in [-0.25, -0.2) is 0 Å². The fraction of sp³-hybridized carbons (Fsp3) is 0.917. The molecule has 1 saturated carbocycles. The Balaban J connectivity index is 2.36. The van der Waals surface area contributed by atoms with Crippen molar-refractivity contribution in [1.29, 1.82) is 0 Å². The maximum absolute atomic E-state index is 11.7. The summed E-state index contributed by atoms with van der Waals surface area (Å²) in [5.74, 6) is 0.283. The Morgan fingerprint density at radius 2 is 2.12 bits per heavy atom. The minimum absolute atomic E-state index is 0.122. The highest BCUT2D eigenvalue weighted by atomic mass is 16.3. The van der Waals surface area contributed by atoms with Gasteiger partial charge in [0.2, 0.25) is 5.91 Å². The van der Waals surface area contributed by atoms with E-state index in [2.05, 4.69) is 5.32 Å². The summed E-state index contributed by atoms with van der Waals surface area (Å²) in [6, 6.07) is 0. The summed E-state index contributed by atoms with van der Waals surface area (Å²) >= 11 is 0. The highest BCUT2D eigenvalue weighted by Gasteiger charge is 2.40. The number of aliphatic hydroxyl groups is 1. The fourth-order valence-electron chi connectivity index (χ4n) is 2.18. The minimum Gasteiger partial charge on any atom is -0.388 e.